The average molecular weight is 258 g/mol. The highest BCUT2D eigenvalue weighted by Crippen LogP contribution is 2.17. The number of carbonyl (C=O) groups is 1. The molecular weight excluding hydrogens is 242 g/mol. The number of rotatable bonds is 5. The summed E-state index contributed by atoms with van der Waals surface area (Å²) in [4.78, 5) is 12.6. The fourth-order valence-corrected chi connectivity index (χ4v) is 1.36. The Kier molecular flexibility index (Phi) is 5.18. The highest BCUT2D eigenvalue weighted by atomic mass is 19.1. The van der Waals surface area contributed by atoms with Gasteiger partial charge in [0.05, 0.1) is 12.6 Å². The van der Waals surface area contributed by atoms with Crippen LogP contribution in [0, 0.1) is 11.6 Å². The van der Waals surface area contributed by atoms with Gasteiger partial charge in [-0.1, -0.05) is 6.07 Å². The number of aliphatic hydroxyl groups is 1. The smallest absolute Gasteiger partial charge is 0.236 e. The first-order valence-corrected chi connectivity index (χ1v) is 5.45. The number of hydrogen-bond acceptors (Lipinski definition) is 3. The second-order valence-corrected chi connectivity index (χ2v) is 4.10. The number of nitrogens with one attached hydrogen (secondary N) is 1. The van der Waals surface area contributed by atoms with Crippen molar-refractivity contribution in [3.8, 4) is 0 Å². The molecule has 0 saturated carbocycles. The first-order chi connectivity index (χ1) is 8.41. The highest BCUT2D eigenvalue weighted by Gasteiger charge is 2.13. The monoisotopic (exact) mass is 258 g/mol. The number of likely N-dealkylation sites (N-methyl/N-ethyl adjacent to an activating group) is 1. The number of carbonyl (C=O) groups excluding carboxylic acids is 1. The Morgan fingerprint density at radius 1 is 1.44 bits per heavy atom. The van der Waals surface area contributed by atoms with Gasteiger partial charge in [-0.05, 0) is 6.07 Å². The van der Waals surface area contributed by atoms with E-state index in [-0.39, 0.29) is 24.6 Å². The van der Waals surface area contributed by atoms with Crippen molar-refractivity contribution in [3.63, 3.8) is 0 Å². The van der Waals surface area contributed by atoms with Gasteiger partial charge in [-0.2, -0.15) is 0 Å². The van der Waals surface area contributed by atoms with Crippen molar-refractivity contribution in [3.05, 3.63) is 35.4 Å². The van der Waals surface area contributed by atoms with Crippen molar-refractivity contribution in [2.45, 2.75) is 6.10 Å². The summed E-state index contributed by atoms with van der Waals surface area (Å²) in [6, 6.07) is 2.97. The molecule has 0 aliphatic rings. The molecule has 4 nitrogen and oxygen atoms in total. The number of benzene rings is 1. The fraction of sp³-hybridized carbons (Fsp3) is 0.417. The third-order valence-electron chi connectivity index (χ3n) is 2.43. The molecule has 100 valence electrons. The number of nitrogens with zero attached hydrogens (tertiary/aromatic N) is 1. The molecule has 18 heavy (non-hydrogen) atoms. The van der Waals surface area contributed by atoms with Crippen LogP contribution in [-0.4, -0.2) is 43.1 Å². The fourth-order valence-electron chi connectivity index (χ4n) is 1.36. The van der Waals surface area contributed by atoms with E-state index in [9.17, 15) is 18.7 Å². The molecule has 1 aromatic rings. The molecule has 1 atom stereocenters. The van der Waals surface area contributed by atoms with Gasteiger partial charge in [0.1, 0.15) is 11.6 Å². The molecule has 0 saturated heterocycles. The van der Waals surface area contributed by atoms with Crippen LogP contribution in [0.1, 0.15) is 11.7 Å². The Morgan fingerprint density at radius 3 is 2.67 bits per heavy atom. The maximum Gasteiger partial charge on any atom is 0.236 e. The first kappa shape index (κ1) is 14.5. The largest absolute Gasteiger partial charge is 0.387 e. The zero-order chi connectivity index (χ0) is 13.7. The molecule has 0 aliphatic carbocycles. The quantitative estimate of drug-likeness (QED) is 0.816. The minimum absolute atomic E-state index is 0.00111. The lowest BCUT2D eigenvalue weighted by Gasteiger charge is -2.14. The van der Waals surface area contributed by atoms with E-state index < -0.39 is 17.7 Å². The Hall–Kier alpha value is -1.53. The lowest BCUT2D eigenvalue weighted by molar-refractivity contribution is -0.127. The summed E-state index contributed by atoms with van der Waals surface area (Å²) in [6.07, 6.45) is -1.12. The van der Waals surface area contributed by atoms with Gasteiger partial charge in [0.2, 0.25) is 5.91 Å². The van der Waals surface area contributed by atoms with Crippen LogP contribution in [-0.2, 0) is 4.79 Å². The molecule has 0 aliphatic heterocycles. The normalized spacial score (nSPS) is 12.3. The summed E-state index contributed by atoms with van der Waals surface area (Å²) < 4.78 is 26.0. The van der Waals surface area contributed by atoms with E-state index in [2.05, 4.69) is 5.32 Å². The second kappa shape index (κ2) is 6.42. The van der Waals surface area contributed by atoms with Crippen LogP contribution >= 0.6 is 0 Å². The lowest BCUT2D eigenvalue weighted by Crippen LogP contribution is -2.35. The van der Waals surface area contributed by atoms with E-state index in [1.165, 1.54) is 11.0 Å². The second-order valence-electron chi connectivity index (χ2n) is 4.10. The topological polar surface area (TPSA) is 52.6 Å². The van der Waals surface area contributed by atoms with Crippen molar-refractivity contribution < 1.29 is 18.7 Å². The average Bonchev–Trinajstić information content (AvgIpc) is 2.28. The molecule has 1 amide bonds. The molecule has 1 unspecified atom stereocenters. The minimum atomic E-state index is -1.12. The minimum Gasteiger partial charge on any atom is -0.387 e. The lowest BCUT2D eigenvalue weighted by atomic mass is 10.1. The van der Waals surface area contributed by atoms with Crippen LogP contribution in [0.2, 0.25) is 0 Å². The van der Waals surface area contributed by atoms with Gasteiger partial charge >= 0.3 is 0 Å². The zero-order valence-corrected chi connectivity index (χ0v) is 10.3. The van der Waals surface area contributed by atoms with E-state index in [4.69, 9.17) is 0 Å². The maximum atomic E-state index is 13.3. The third kappa shape index (κ3) is 4.05. The molecule has 0 aromatic heterocycles. The summed E-state index contributed by atoms with van der Waals surface area (Å²) in [5.41, 5.74) is 0.00111. The highest BCUT2D eigenvalue weighted by molar-refractivity contribution is 5.77. The zero-order valence-electron chi connectivity index (χ0n) is 10.3. The van der Waals surface area contributed by atoms with E-state index in [0.717, 1.165) is 6.07 Å². The van der Waals surface area contributed by atoms with Gasteiger partial charge in [0, 0.05) is 32.3 Å². The summed E-state index contributed by atoms with van der Waals surface area (Å²) in [5, 5.41) is 12.4. The summed E-state index contributed by atoms with van der Waals surface area (Å²) in [7, 11) is 3.22. The predicted molar refractivity (Wildman–Crippen MR) is 62.9 cm³/mol. The van der Waals surface area contributed by atoms with Crippen LogP contribution in [0.25, 0.3) is 0 Å². The van der Waals surface area contributed by atoms with Crippen molar-refractivity contribution in [2.75, 3.05) is 27.2 Å². The number of amides is 1. The number of halogens is 2. The van der Waals surface area contributed by atoms with Crippen molar-refractivity contribution in [2.24, 2.45) is 0 Å². The Balaban J connectivity index is 2.50. The molecular formula is C12H16F2N2O2. The summed E-state index contributed by atoms with van der Waals surface area (Å²) in [6.45, 7) is 0.0645. The molecule has 2 N–H and O–H groups in total. The van der Waals surface area contributed by atoms with Gasteiger partial charge < -0.3 is 15.3 Å². The van der Waals surface area contributed by atoms with Crippen LogP contribution < -0.4 is 5.32 Å². The SMILES string of the molecule is CN(C)C(=O)CNCC(O)c1ccc(F)cc1F. The van der Waals surface area contributed by atoms with E-state index >= 15 is 0 Å². The Bertz CT molecular complexity index is 425. The molecule has 0 heterocycles. The summed E-state index contributed by atoms with van der Waals surface area (Å²) >= 11 is 0. The van der Waals surface area contributed by atoms with E-state index in [1.54, 1.807) is 14.1 Å². The van der Waals surface area contributed by atoms with Crippen LogP contribution in [0.3, 0.4) is 0 Å². The van der Waals surface area contributed by atoms with E-state index in [0.29, 0.717) is 6.07 Å². The predicted octanol–water partition coefficient (Wildman–Crippen LogP) is 0.676. The van der Waals surface area contributed by atoms with Gasteiger partial charge in [0.25, 0.3) is 0 Å². The third-order valence-corrected chi connectivity index (χ3v) is 2.43. The summed E-state index contributed by atoms with van der Waals surface area (Å²) in [5.74, 6) is -1.65. The van der Waals surface area contributed by atoms with Gasteiger partial charge in [-0.3, -0.25) is 4.79 Å². The van der Waals surface area contributed by atoms with Gasteiger partial charge in [-0.15, -0.1) is 0 Å². The molecule has 0 radical (unpaired) electrons. The van der Waals surface area contributed by atoms with Gasteiger partial charge in [-0.25, -0.2) is 8.78 Å². The van der Waals surface area contributed by atoms with Crippen LogP contribution in [0.4, 0.5) is 8.78 Å². The molecule has 0 fully saturated rings. The Morgan fingerprint density at radius 2 is 2.11 bits per heavy atom. The van der Waals surface area contributed by atoms with Crippen LogP contribution in [0.5, 0.6) is 0 Å². The Labute approximate surface area is 104 Å². The number of aliphatic hydroxyl groups excluding tert-OH is 1. The van der Waals surface area contributed by atoms with Crippen molar-refractivity contribution in [1.82, 2.24) is 10.2 Å². The van der Waals surface area contributed by atoms with Crippen molar-refractivity contribution >= 4 is 5.91 Å². The molecule has 1 aromatic carbocycles. The molecule has 6 heteroatoms. The first-order valence-electron chi connectivity index (χ1n) is 5.45. The standard InChI is InChI=1S/C12H16F2N2O2/c1-16(2)12(18)7-15-6-11(17)9-4-3-8(13)5-10(9)14/h3-5,11,15,17H,6-7H2,1-2H3. The number of hydrogen-bond donors (Lipinski definition) is 2. The molecule has 1 rings (SSSR count). The van der Waals surface area contributed by atoms with Crippen LogP contribution in [0.15, 0.2) is 18.2 Å². The maximum absolute atomic E-state index is 13.3. The molecule has 0 bridgehead atoms. The van der Waals surface area contributed by atoms with Crippen molar-refractivity contribution in [1.29, 1.82) is 0 Å². The molecule has 0 spiro atoms. The van der Waals surface area contributed by atoms with Gasteiger partial charge in [0.15, 0.2) is 0 Å². The van der Waals surface area contributed by atoms with E-state index in [1.807, 2.05) is 0 Å².